The zero-order valence-electron chi connectivity index (χ0n) is 16.4. The quantitative estimate of drug-likeness (QED) is 0.741. The van der Waals surface area contributed by atoms with Crippen molar-refractivity contribution in [2.24, 2.45) is 0 Å². The van der Waals surface area contributed by atoms with Crippen LogP contribution in [0.15, 0.2) is 18.2 Å². The summed E-state index contributed by atoms with van der Waals surface area (Å²) in [4.78, 5) is 40.7. The number of nitrogens with one attached hydrogen (secondary N) is 2. The number of imide groups is 1. The van der Waals surface area contributed by atoms with Crippen LogP contribution in [0, 0.1) is 0 Å². The molecular formula is C21H28N4O3. The fourth-order valence-corrected chi connectivity index (χ4v) is 4.63. The van der Waals surface area contributed by atoms with E-state index in [1.54, 1.807) is 4.90 Å². The summed E-state index contributed by atoms with van der Waals surface area (Å²) in [5.41, 5.74) is 2.71. The lowest BCUT2D eigenvalue weighted by atomic mass is 10.0. The van der Waals surface area contributed by atoms with Gasteiger partial charge >= 0.3 is 0 Å². The predicted octanol–water partition coefficient (Wildman–Crippen LogP) is 1.02. The van der Waals surface area contributed by atoms with Crippen molar-refractivity contribution in [3.05, 3.63) is 34.9 Å². The van der Waals surface area contributed by atoms with Gasteiger partial charge in [0.15, 0.2) is 0 Å². The number of carbonyl (C=O) groups is 3. The normalized spacial score (nSPS) is 25.2. The summed E-state index contributed by atoms with van der Waals surface area (Å²) >= 11 is 0. The molecule has 3 aliphatic rings. The van der Waals surface area contributed by atoms with E-state index < -0.39 is 6.04 Å². The molecule has 7 nitrogen and oxygen atoms in total. The van der Waals surface area contributed by atoms with Crippen molar-refractivity contribution in [3.8, 4) is 0 Å². The molecular weight excluding hydrogens is 356 g/mol. The number of nitrogens with zero attached hydrogens (tertiary/aromatic N) is 2. The Balaban J connectivity index is 1.47. The van der Waals surface area contributed by atoms with Gasteiger partial charge in [-0.15, -0.1) is 0 Å². The molecule has 0 bridgehead atoms. The highest BCUT2D eigenvalue weighted by molar-refractivity contribution is 6.05. The van der Waals surface area contributed by atoms with Crippen LogP contribution < -0.4 is 10.6 Å². The molecule has 0 saturated carbocycles. The van der Waals surface area contributed by atoms with Gasteiger partial charge in [0.2, 0.25) is 11.8 Å². The lowest BCUT2D eigenvalue weighted by Crippen LogP contribution is -2.52. The third-order valence-corrected chi connectivity index (χ3v) is 6.02. The highest BCUT2D eigenvalue weighted by Gasteiger charge is 2.40. The van der Waals surface area contributed by atoms with Crippen molar-refractivity contribution in [2.75, 3.05) is 20.1 Å². The second-order valence-electron chi connectivity index (χ2n) is 8.19. The Morgan fingerprint density at radius 2 is 2.04 bits per heavy atom. The molecule has 0 aromatic heterocycles. The molecule has 0 radical (unpaired) electrons. The Morgan fingerprint density at radius 1 is 1.18 bits per heavy atom. The molecule has 2 unspecified atom stereocenters. The Hall–Kier alpha value is -2.25. The molecule has 4 rings (SSSR count). The summed E-state index contributed by atoms with van der Waals surface area (Å²) < 4.78 is 0. The van der Waals surface area contributed by atoms with Crippen LogP contribution in [0.1, 0.15) is 53.6 Å². The summed E-state index contributed by atoms with van der Waals surface area (Å²) in [7, 11) is 2.09. The van der Waals surface area contributed by atoms with Gasteiger partial charge in [-0.25, -0.2) is 0 Å². The molecule has 0 aliphatic carbocycles. The van der Waals surface area contributed by atoms with Crippen LogP contribution in [-0.2, 0) is 22.7 Å². The van der Waals surface area contributed by atoms with Crippen LogP contribution in [0.4, 0.5) is 0 Å². The second kappa shape index (κ2) is 8.01. The minimum atomic E-state index is -0.561. The van der Waals surface area contributed by atoms with Crippen molar-refractivity contribution < 1.29 is 14.4 Å². The molecule has 150 valence electrons. The Kier molecular flexibility index (Phi) is 5.46. The van der Waals surface area contributed by atoms with Gasteiger partial charge in [0, 0.05) is 37.7 Å². The molecule has 3 heterocycles. The van der Waals surface area contributed by atoms with Gasteiger partial charge in [0.1, 0.15) is 6.04 Å². The van der Waals surface area contributed by atoms with E-state index in [0.717, 1.165) is 29.8 Å². The molecule has 1 aromatic carbocycles. The number of hydrogen-bond donors (Lipinski definition) is 2. The van der Waals surface area contributed by atoms with Gasteiger partial charge in [-0.1, -0.05) is 24.6 Å². The molecule has 2 N–H and O–H groups in total. The number of piperidine rings is 2. The van der Waals surface area contributed by atoms with E-state index in [-0.39, 0.29) is 24.1 Å². The zero-order valence-corrected chi connectivity index (χ0v) is 16.4. The maximum atomic E-state index is 13.1. The topological polar surface area (TPSA) is 81.8 Å². The van der Waals surface area contributed by atoms with Crippen LogP contribution in [-0.4, -0.2) is 59.7 Å². The first-order valence-corrected chi connectivity index (χ1v) is 10.2. The molecule has 2 saturated heterocycles. The number of benzene rings is 1. The summed E-state index contributed by atoms with van der Waals surface area (Å²) in [5, 5.41) is 5.93. The Morgan fingerprint density at radius 3 is 2.79 bits per heavy atom. The highest BCUT2D eigenvalue weighted by Crippen LogP contribution is 2.30. The van der Waals surface area contributed by atoms with E-state index in [9.17, 15) is 14.4 Å². The number of fused-ring (bicyclic) bond motifs is 1. The van der Waals surface area contributed by atoms with Gasteiger partial charge in [0.25, 0.3) is 5.91 Å². The first kappa shape index (κ1) is 19.1. The fourth-order valence-electron chi connectivity index (χ4n) is 4.63. The highest BCUT2D eigenvalue weighted by atomic mass is 16.2. The van der Waals surface area contributed by atoms with Crippen molar-refractivity contribution in [1.82, 2.24) is 20.4 Å². The van der Waals surface area contributed by atoms with Crippen LogP contribution in [0.25, 0.3) is 0 Å². The van der Waals surface area contributed by atoms with Crippen LogP contribution in [0.2, 0.25) is 0 Å². The minimum Gasteiger partial charge on any atom is -0.322 e. The largest absolute Gasteiger partial charge is 0.322 e. The number of amides is 3. The summed E-state index contributed by atoms with van der Waals surface area (Å²) in [6.45, 7) is 3.17. The van der Waals surface area contributed by atoms with Crippen LogP contribution in [0.3, 0.4) is 0 Å². The molecule has 28 heavy (non-hydrogen) atoms. The zero-order chi connectivity index (χ0) is 19.7. The van der Waals surface area contributed by atoms with Crippen molar-refractivity contribution in [2.45, 2.75) is 57.3 Å². The van der Waals surface area contributed by atoms with E-state index in [2.05, 4.69) is 22.6 Å². The van der Waals surface area contributed by atoms with Gasteiger partial charge in [-0.05, 0) is 44.0 Å². The predicted molar refractivity (Wildman–Crippen MR) is 104 cm³/mol. The SMILES string of the molecule is CN(Cc1cccc2c1C(=O)N(C1CCC(=O)NC1=O)C2)CC1CCCCN1. The molecule has 2 fully saturated rings. The van der Waals surface area contributed by atoms with Crippen LogP contribution >= 0.6 is 0 Å². The third-order valence-electron chi connectivity index (χ3n) is 6.02. The number of likely N-dealkylation sites (N-methyl/N-ethyl adjacent to an activating group) is 1. The van der Waals surface area contributed by atoms with Gasteiger partial charge in [-0.2, -0.15) is 0 Å². The van der Waals surface area contributed by atoms with Gasteiger partial charge < -0.3 is 15.1 Å². The smallest absolute Gasteiger partial charge is 0.255 e. The van der Waals surface area contributed by atoms with E-state index in [0.29, 0.717) is 25.6 Å². The summed E-state index contributed by atoms with van der Waals surface area (Å²) in [5.74, 6) is -0.715. The number of rotatable bonds is 5. The minimum absolute atomic E-state index is 0.0932. The van der Waals surface area contributed by atoms with E-state index in [4.69, 9.17) is 0 Å². The number of hydrogen-bond acceptors (Lipinski definition) is 5. The second-order valence-corrected chi connectivity index (χ2v) is 8.19. The Labute approximate surface area is 165 Å². The summed E-state index contributed by atoms with van der Waals surface area (Å²) in [6, 6.07) is 5.91. The molecule has 1 aromatic rings. The molecule has 3 amide bonds. The van der Waals surface area contributed by atoms with Crippen molar-refractivity contribution in [3.63, 3.8) is 0 Å². The first-order chi connectivity index (χ1) is 13.5. The number of carbonyl (C=O) groups excluding carboxylic acids is 3. The van der Waals surface area contributed by atoms with Crippen molar-refractivity contribution in [1.29, 1.82) is 0 Å². The lowest BCUT2D eigenvalue weighted by Gasteiger charge is -2.29. The van der Waals surface area contributed by atoms with Crippen molar-refractivity contribution >= 4 is 17.7 Å². The molecule has 3 aliphatic heterocycles. The average Bonchev–Trinajstić information content (AvgIpc) is 3.00. The third kappa shape index (κ3) is 3.82. The maximum absolute atomic E-state index is 13.1. The Bertz CT molecular complexity index is 788. The maximum Gasteiger partial charge on any atom is 0.255 e. The van der Waals surface area contributed by atoms with Gasteiger partial charge in [0.05, 0.1) is 0 Å². The van der Waals surface area contributed by atoms with Gasteiger partial charge in [-0.3, -0.25) is 19.7 Å². The standard InChI is InChI=1S/C21H28N4O3/c1-24(13-16-7-2-3-10-22-16)11-14-5-4-6-15-12-25(21(28)19(14)15)17-8-9-18(26)23-20(17)27/h4-6,16-17,22H,2-3,7-13H2,1H3,(H,23,26,27). The fraction of sp³-hybridized carbons (Fsp3) is 0.571. The molecule has 2 atom stereocenters. The van der Waals surface area contributed by atoms with E-state index >= 15 is 0 Å². The molecule has 7 heteroatoms. The first-order valence-electron chi connectivity index (χ1n) is 10.2. The summed E-state index contributed by atoms with van der Waals surface area (Å²) in [6.07, 6.45) is 4.38. The van der Waals surface area contributed by atoms with Crippen LogP contribution in [0.5, 0.6) is 0 Å². The van der Waals surface area contributed by atoms with E-state index in [1.807, 2.05) is 18.2 Å². The van der Waals surface area contributed by atoms with E-state index in [1.165, 1.54) is 19.3 Å². The lowest BCUT2D eigenvalue weighted by molar-refractivity contribution is -0.136. The monoisotopic (exact) mass is 384 g/mol. The average molecular weight is 384 g/mol. The molecule has 0 spiro atoms.